The van der Waals surface area contributed by atoms with Crippen LogP contribution in [0.3, 0.4) is 0 Å². The minimum Gasteiger partial charge on any atom is -0.388 e. The van der Waals surface area contributed by atoms with Gasteiger partial charge in [0, 0.05) is 35.9 Å². The van der Waals surface area contributed by atoms with E-state index in [9.17, 15) is 10.4 Å². The second-order valence-corrected chi connectivity index (χ2v) is 9.92. The number of pyridine rings is 2. The monoisotopic (exact) mass is 526 g/mol. The molecule has 6 N–H and O–H groups in total. The first-order valence-electron chi connectivity index (χ1n) is 12.0. The van der Waals surface area contributed by atoms with E-state index in [4.69, 9.17) is 11.6 Å². The van der Waals surface area contributed by atoms with Gasteiger partial charge in [0.25, 0.3) is 0 Å². The summed E-state index contributed by atoms with van der Waals surface area (Å²) in [4.78, 5) is 8.74. The molecule has 9 nitrogen and oxygen atoms in total. The zero-order chi connectivity index (χ0) is 26.7. The maximum absolute atomic E-state index is 11.1. The topological polar surface area (TPSA) is 130 Å². The number of hydrogen-bond acceptors (Lipinski definition) is 9. The third-order valence-corrected chi connectivity index (χ3v) is 6.61. The van der Waals surface area contributed by atoms with Crippen LogP contribution in [0.4, 0.5) is 11.4 Å². The van der Waals surface area contributed by atoms with Gasteiger partial charge in [0.05, 0.1) is 45.2 Å². The molecule has 1 aliphatic heterocycles. The van der Waals surface area contributed by atoms with Gasteiger partial charge in [-0.15, -0.1) is 0 Å². The van der Waals surface area contributed by atoms with E-state index in [-0.39, 0.29) is 6.04 Å². The molecule has 192 valence electrons. The van der Waals surface area contributed by atoms with E-state index in [1.165, 1.54) is 6.20 Å². The van der Waals surface area contributed by atoms with Crippen molar-refractivity contribution < 1.29 is 5.11 Å². The summed E-state index contributed by atoms with van der Waals surface area (Å²) in [6.45, 7) is 3.46. The first kappa shape index (κ1) is 25.3. The highest BCUT2D eigenvalue weighted by Gasteiger charge is 2.30. The van der Waals surface area contributed by atoms with E-state index >= 15 is 0 Å². The smallest absolute Gasteiger partial charge is 0.103 e. The second kappa shape index (κ2) is 10.6. The lowest BCUT2D eigenvalue weighted by molar-refractivity contribution is 0.0589. The summed E-state index contributed by atoms with van der Waals surface area (Å²) in [6, 6.07) is 18.6. The molecule has 0 spiro atoms. The number of nitrogens with one attached hydrogen (secondary N) is 5. The zero-order valence-corrected chi connectivity index (χ0v) is 21.6. The number of nitrogens with zero attached hydrogens (tertiary/aromatic N) is 3. The van der Waals surface area contributed by atoms with Gasteiger partial charge in [-0.2, -0.15) is 10.8 Å². The lowest BCUT2D eigenvalue weighted by Gasteiger charge is -2.32. The molecule has 1 aliphatic rings. The van der Waals surface area contributed by atoms with E-state index in [1.54, 1.807) is 32.3 Å². The first-order valence-corrected chi connectivity index (χ1v) is 12.4. The number of aromatic nitrogens is 2. The Hall–Kier alpha value is -4.36. The van der Waals surface area contributed by atoms with Gasteiger partial charge in [0.2, 0.25) is 0 Å². The average Bonchev–Trinajstić information content (AvgIpc) is 3.45. The van der Waals surface area contributed by atoms with Crippen LogP contribution in [0.1, 0.15) is 42.6 Å². The van der Waals surface area contributed by atoms with Crippen molar-refractivity contribution in [2.45, 2.75) is 31.5 Å². The van der Waals surface area contributed by atoms with E-state index in [0.29, 0.717) is 32.9 Å². The van der Waals surface area contributed by atoms with Gasteiger partial charge in [-0.05, 0) is 43.2 Å². The molecule has 0 unspecified atom stereocenters. The molecule has 2 atom stereocenters. The number of anilines is 2. The lowest BCUT2D eigenvalue weighted by atomic mass is 9.91. The van der Waals surface area contributed by atoms with Crippen LogP contribution in [0.15, 0.2) is 85.1 Å². The molecule has 38 heavy (non-hydrogen) atoms. The molecular weight excluding hydrogens is 500 g/mol. The summed E-state index contributed by atoms with van der Waals surface area (Å²) in [6.07, 6.45) is 6.83. The van der Waals surface area contributed by atoms with Crippen LogP contribution >= 0.6 is 11.6 Å². The number of hydrogen-bond donors (Lipinski definition) is 6. The quantitative estimate of drug-likeness (QED) is 0.194. The van der Waals surface area contributed by atoms with Crippen molar-refractivity contribution in [3.63, 3.8) is 0 Å². The van der Waals surface area contributed by atoms with E-state index in [0.717, 1.165) is 16.8 Å². The molecule has 2 aromatic heterocycles. The molecule has 4 aromatic rings. The van der Waals surface area contributed by atoms with Gasteiger partial charge in [-0.3, -0.25) is 9.97 Å². The zero-order valence-electron chi connectivity index (χ0n) is 20.8. The molecule has 2 aromatic carbocycles. The predicted molar refractivity (Wildman–Crippen MR) is 149 cm³/mol. The number of rotatable bonds is 8. The summed E-state index contributed by atoms with van der Waals surface area (Å²) in [5, 5.41) is 29.1. The highest BCUT2D eigenvalue weighted by atomic mass is 35.5. The molecular formula is C28H27ClN8O. The molecule has 0 aliphatic carbocycles. The van der Waals surface area contributed by atoms with Crippen LogP contribution in [0.25, 0.3) is 10.9 Å². The van der Waals surface area contributed by atoms with E-state index < -0.39 is 11.6 Å². The normalized spacial score (nSPS) is 14.6. The molecule has 0 saturated heterocycles. The fraction of sp³-hybridized carbons (Fsp3) is 0.179. The highest BCUT2D eigenvalue weighted by Crippen LogP contribution is 2.38. The SMILES string of the molecule is CC(C)(O)[C@@H](Nc1c(C#N)cnc2c(Cl)cc(N[C@H](C3=CNNN3)c3cccnc3)cc12)c1ccccc1. The van der Waals surface area contributed by atoms with Crippen LogP contribution < -0.4 is 27.0 Å². The summed E-state index contributed by atoms with van der Waals surface area (Å²) in [7, 11) is 0. The lowest BCUT2D eigenvalue weighted by Crippen LogP contribution is -2.34. The Kier molecular flexibility index (Phi) is 7.03. The van der Waals surface area contributed by atoms with Crippen molar-refractivity contribution in [2.24, 2.45) is 0 Å². The molecule has 10 heteroatoms. The van der Waals surface area contributed by atoms with Gasteiger partial charge in [0.1, 0.15) is 6.07 Å². The third-order valence-electron chi connectivity index (χ3n) is 6.32. The van der Waals surface area contributed by atoms with Gasteiger partial charge in [-0.1, -0.05) is 48.0 Å². The molecule has 0 bridgehead atoms. The van der Waals surface area contributed by atoms with Crippen molar-refractivity contribution in [2.75, 3.05) is 10.6 Å². The Morgan fingerprint density at radius 1 is 1.05 bits per heavy atom. The van der Waals surface area contributed by atoms with Crippen LogP contribution in [0, 0.1) is 11.3 Å². The van der Waals surface area contributed by atoms with Crippen molar-refractivity contribution >= 4 is 33.9 Å². The van der Waals surface area contributed by atoms with Gasteiger partial charge < -0.3 is 26.6 Å². The van der Waals surface area contributed by atoms with Gasteiger partial charge in [-0.25, -0.2) is 0 Å². The summed E-state index contributed by atoms with van der Waals surface area (Å²) in [5.74, 6) is 0. The standard InChI is InChI=1S/C28H27ClN8O/c1-28(2,38)27(17-7-4-3-5-8-17)35-24-19(13-30)15-32-26-21(24)11-20(12-22(26)29)34-25(23-16-33-37-36-23)18-9-6-10-31-14-18/h3-12,14-16,25,27,33-34,36-38H,1-2H3,(H,32,35)/t25-,27-/m0/s1. The molecule has 0 saturated carbocycles. The Balaban J connectivity index is 1.61. The minimum absolute atomic E-state index is 0.281. The number of aliphatic hydroxyl groups is 1. The fourth-order valence-electron chi connectivity index (χ4n) is 4.51. The summed E-state index contributed by atoms with van der Waals surface area (Å²) < 4.78 is 0. The van der Waals surface area contributed by atoms with Crippen molar-refractivity contribution in [1.29, 1.82) is 5.26 Å². The van der Waals surface area contributed by atoms with Crippen LogP contribution in [0.2, 0.25) is 5.02 Å². The third kappa shape index (κ3) is 5.19. The predicted octanol–water partition coefficient (Wildman–Crippen LogP) is 4.69. The maximum Gasteiger partial charge on any atom is 0.103 e. The number of fused-ring (bicyclic) bond motifs is 1. The molecule has 3 heterocycles. The summed E-state index contributed by atoms with van der Waals surface area (Å²) >= 11 is 6.73. The molecule has 0 fully saturated rings. The van der Waals surface area contributed by atoms with Crippen molar-refractivity contribution in [3.8, 4) is 6.07 Å². The first-order chi connectivity index (χ1) is 18.3. The Bertz CT molecular complexity index is 1510. The Morgan fingerprint density at radius 2 is 1.84 bits per heavy atom. The van der Waals surface area contributed by atoms with Gasteiger partial charge in [0.15, 0.2) is 0 Å². The number of halogens is 1. The van der Waals surface area contributed by atoms with Crippen LogP contribution in [-0.4, -0.2) is 20.7 Å². The number of hydrazine groups is 2. The van der Waals surface area contributed by atoms with Gasteiger partial charge >= 0.3 is 0 Å². The largest absolute Gasteiger partial charge is 0.388 e. The van der Waals surface area contributed by atoms with E-state index in [1.807, 2.05) is 54.7 Å². The molecule has 0 radical (unpaired) electrons. The molecule has 0 amide bonds. The Labute approximate surface area is 225 Å². The van der Waals surface area contributed by atoms with Crippen molar-refractivity contribution in [3.05, 3.63) is 107 Å². The molecule has 5 rings (SSSR count). The van der Waals surface area contributed by atoms with E-state index in [2.05, 4.69) is 43.1 Å². The second-order valence-electron chi connectivity index (χ2n) is 9.51. The number of nitriles is 1. The van der Waals surface area contributed by atoms with Crippen molar-refractivity contribution in [1.82, 2.24) is 26.4 Å². The van der Waals surface area contributed by atoms with Crippen LogP contribution in [0.5, 0.6) is 0 Å². The van der Waals surface area contributed by atoms with Crippen LogP contribution in [-0.2, 0) is 0 Å². The fourth-order valence-corrected chi connectivity index (χ4v) is 4.78. The Morgan fingerprint density at radius 3 is 2.50 bits per heavy atom. The number of benzene rings is 2. The highest BCUT2D eigenvalue weighted by molar-refractivity contribution is 6.35. The average molecular weight is 527 g/mol. The minimum atomic E-state index is -1.14. The summed E-state index contributed by atoms with van der Waals surface area (Å²) in [5.41, 5.74) is 12.6. The maximum atomic E-state index is 11.1.